The van der Waals surface area contributed by atoms with Crippen LogP contribution in [0.25, 0.3) is 105 Å². The van der Waals surface area contributed by atoms with Gasteiger partial charge in [0.1, 0.15) is 11.2 Å². The zero-order valence-corrected chi connectivity index (χ0v) is 36.6. The molecule has 0 fully saturated rings. The predicted molar refractivity (Wildman–Crippen MR) is 282 cm³/mol. The standard InChI is InChI=1S/C64H42N2O/c1-2-16-43(17-3-1)47-36-41-52(62(42-47)66-60-28-11-8-23-54(60)55-24-9-12-29-61(55)66)46-34-39-49(40-35-46)65(59-30-14-19-44-18-4-5-21-51(44)59)48-37-32-45(33-38-48)50-20-6-7-22-53(50)57-26-15-27-58-56-25-10-13-31-63(56)67-64(57)58/h1-42H. The van der Waals surface area contributed by atoms with Crippen LogP contribution in [0.4, 0.5) is 17.1 Å². The van der Waals surface area contributed by atoms with Crippen LogP contribution in [-0.4, -0.2) is 4.57 Å². The fraction of sp³-hybridized carbons (Fsp3) is 0. The third kappa shape index (κ3) is 6.51. The molecule has 0 amide bonds. The molecule has 0 unspecified atom stereocenters. The first-order valence-electron chi connectivity index (χ1n) is 22.9. The van der Waals surface area contributed by atoms with Crippen molar-refractivity contribution in [3.8, 4) is 50.2 Å². The van der Waals surface area contributed by atoms with Crippen LogP contribution >= 0.6 is 0 Å². The van der Waals surface area contributed by atoms with Crippen molar-refractivity contribution in [2.75, 3.05) is 4.90 Å². The molecule has 3 heteroatoms. The summed E-state index contributed by atoms with van der Waals surface area (Å²) in [5.41, 5.74) is 17.8. The van der Waals surface area contributed by atoms with Crippen LogP contribution in [0.3, 0.4) is 0 Å². The third-order valence-electron chi connectivity index (χ3n) is 13.4. The van der Waals surface area contributed by atoms with Crippen LogP contribution in [-0.2, 0) is 0 Å². The second-order valence-corrected chi connectivity index (χ2v) is 17.2. The van der Waals surface area contributed by atoms with Crippen LogP contribution < -0.4 is 4.90 Å². The van der Waals surface area contributed by atoms with Gasteiger partial charge in [-0.3, -0.25) is 0 Å². The fourth-order valence-corrected chi connectivity index (χ4v) is 10.3. The van der Waals surface area contributed by atoms with E-state index in [4.69, 9.17) is 4.42 Å². The van der Waals surface area contributed by atoms with Crippen molar-refractivity contribution in [3.63, 3.8) is 0 Å². The maximum Gasteiger partial charge on any atom is 0.143 e. The summed E-state index contributed by atoms with van der Waals surface area (Å²) in [7, 11) is 0. The van der Waals surface area contributed by atoms with Gasteiger partial charge in [-0.05, 0) is 93.4 Å². The third-order valence-corrected chi connectivity index (χ3v) is 13.4. The Bertz CT molecular complexity index is 3910. The van der Waals surface area contributed by atoms with E-state index in [-0.39, 0.29) is 0 Å². The lowest BCUT2D eigenvalue weighted by Gasteiger charge is -2.27. The maximum atomic E-state index is 6.52. The quantitative estimate of drug-likeness (QED) is 0.152. The van der Waals surface area contributed by atoms with Crippen molar-refractivity contribution < 1.29 is 4.42 Å². The number of nitrogens with zero attached hydrogens (tertiary/aromatic N) is 2. The first kappa shape index (κ1) is 38.5. The average Bonchev–Trinajstić information content (AvgIpc) is 3.96. The SMILES string of the molecule is c1ccc(-c2ccc(-c3ccc(N(c4ccc(-c5ccccc5-c5cccc6c5oc5ccccc56)cc4)c4cccc5ccccc45)cc3)c(-n3c4ccccc4c4ccccc43)c2)cc1. The van der Waals surface area contributed by atoms with Gasteiger partial charge in [0.05, 0.1) is 22.4 Å². The molecule has 0 saturated carbocycles. The van der Waals surface area contributed by atoms with E-state index in [0.717, 1.165) is 78.1 Å². The summed E-state index contributed by atoms with van der Waals surface area (Å²) in [6, 6.07) is 91.9. The highest BCUT2D eigenvalue weighted by Crippen LogP contribution is 2.44. The van der Waals surface area contributed by atoms with Crippen molar-refractivity contribution in [1.82, 2.24) is 4.57 Å². The summed E-state index contributed by atoms with van der Waals surface area (Å²) < 4.78 is 8.97. The lowest BCUT2D eigenvalue weighted by atomic mass is 9.93. The molecule has 0 radical (unpaired) electrons. The number of fused-ring (bicyclic) bond motifs is 7. The number of furan rings is 1. The highest BCUT2D eigenvalue weighted by atomic mass is 16.3. The van der Waals surface area contributed by atoms with Crippen LogP contribution in [0.2, 0.25) is 0 Å². The minimum absolute atomic E-state index is 0.901. The Morgan fingerprint density at radius 2 is 0.836 bits per heavy atom. The van der Waals surface area contributed by atoms with Crippen LogP contribution in [0.1, 0.15) is 0 Å². The Morgan fingerprint density at radius 3 is 1.57 bits per heavy atom. The van der Waals surface area contributed by atoms with Gasteiger partial charge in [0, 0.05) is 49.4 Å². The normalized spacial score (nSPS) is 11.6. The van der Waals surface area contributed by atoms with Gasteiger partial charge < -0.3 is 13.9 Å². The number of para-hydroxylation sites is 4. The number of hydrogen-bond acceptors (Lipinski definition) is 2. The summed E-state index contributed by atoms with van der Waals surface area (Å²) >= 11 is 0. The van der Waals surface area contributed by atoms with Crippen LogP contribution in [0, 0.1) is 0 Å². The molecular formula is C64H42N2O. The molecule has 0 aliphatic rings. The molecule has 13 aromatic rings. The number of rotatable bonds is 8. The summed E-state index contributed by atoms with van der Waals surface area (Å²) in [4.78, 5) is 2.39. The monoisotopic (exact) mass is 854 g/mol. The average molecular weight is 855 g/mol. The van der Waals surface area contributed by atoms with Gasteiger partial charge in [-0.15, -0.1) is 0 Å². The van der Waals surface area contributed by atoms with E-state index in [2.05, 4.69) is 252 Å². The molecule has 2 heterocycles. The fourth-order valence-electron chi connectivity index (χ4n) is 10.3. The largest absolute Gasteiger partial charge is 0.455 e. The predicted octanol–water partition coefficient (Wildman–Crippen LogP) is 18.0. The smallest absolute Gasteiger partial charge is 0.143 e. The number of anilines is 3. The molecule has 0 N–H and O–H groups in total. The summed E-state index contributed by atoms with van der Waals surface area (Å²) in [5, 5.41) is 7.13. The molecule has 0 aliphatic carbocycles. The van der Waals surface area contributed by atoms with Gasteiger partial charge in [-0.25, -0.2) is 0 Å². The molecule has 0 atom stereocenters. The molecule has 314 valence electrons. The second-order valence-electron chi connectivity index (χ2n) is 17.2. The Balaban J connectivity index is 0.936. The van der Waals surface area contributed by atoms with Crippen LogP contribution in [0.15, 0.2) is 259 Å². The Labute approximate surface area is 388 Å². The molecular weight excluding hydrogens is 813 g/mol. The molecule has 11 aromatic carbocycles. The van der Waals surface area contributed by atoms with E-state index >= 15 is 0 Å². The highest BCUT2D eigenvalue weighted by molar-refractivity contribution is 6.11. The van der Waals surface area contributed by atoms with Gasteiger partial charge >= 0.3 is 0 Å². The Hall–Kier alpha value is -8.92. The van der Waals surface area contributed by atoms with Crippen molar-refractivity contribution in [2.24, 2.45) is 0 Å². The van der Waals surface area contributed by atoms with E-state index < -0.39 is 0 Å². The summed E-state index contributed by atoms with van der Waals surface area (Å²) in [5.74, 6) is 0. The summed E-state index contributed by atoms with van der Waals surface area (Å²) in [6.45, 7) is 0. The van der Waals surface area contributed by atoms with Gasteiger partial charge in [0.2, 0.25) is 0 Å². The van der Waals surface area contributed by atoms with Crippen molar-refractivity contribution in [3.05, 3.63) is 255 Å². The van der Waals surface area contributed by atoms with E-state index in [1.165, 1.54) is 43.7 Å². The van der Waals surface area contributed by atoms with Gasteiger partial charge in [0.15, 0.2) is 0 Å². The molecule has 13 rings (SSSR count). The van der Waals surface area contributed by atoms with Gasteiger partial charge in [-0.1, -0.05) is 200 Å². The summed E-state index contributed by atoms with van der Waals surface area (Å²) in [6.07, 6.45) is 0. The minimum Gasteiger partial charge on any atom is -0.455 e. The Kier molecular flexibility index (Phi) is 9.17. The van der Waals surface area contributed by atoms with E-state index in [1.807, 2.05) is 12.1 Å². The zero-order chi connectivity index (χ0) is 44.3. The zero-order valence-electron chi connectivity index (χ0n) is 36.6. The molecule has 0 saturated heterocycles. The number of hydrogen-bond donors (Lipinski definition) is 0. The van der Waals surface area contributed by atoms with Crippen LogP contribution in [0.5, 0.6) is 0 Å². The molecule has 2 aromatic heterocycles. The number of benzene rings is 11. The molecule has 0 spiro atoms. The van der Waals surface area contributed by atoms with Crippen molar-refractivity contribution in [1.29, 1.82) is 0 Å². The second kappa shape index (κ2) is 16.0. The van der Waals surface area contributed by atoms with Crippen molar-refractivity contribution >= 4 is 71.6 Å². The highest BCUT2D eigenvalue weighted by Gasteiger charge is 2.20. The minimum atomic E-state index is 0.901. The first-order chi connectivity index (χ1) is 33.2. The lowest BCUT2D eigenvalue weighted by molar-refractivity contribution is 0.670. The first-order valence-corrected chi connectivity index (χ1v) is 22.9. The van der Waals surface area contributed by atoms with Gasteiger partial charge in [0.25, 0.3) is 0 Å². The molecule has 3 nitrogen and oxygen atoms in total. The molecule has 0 bridgehead atoms. The van der Waals surface area contributed by atoms with Gasteiger partial charge in [-0.2, -0.15) is 0 Å². The maximum absolute atomic E-state index is 6.52. The van der Waals surface area contributed by atoms with Crippen molar-refractivity contribution in [2.45, 2.75) is 0 Å². The van der Waals surface area contributed by atoms with E-state index in [9.17, 15) is 0 Å². The number of aromatic nitrogens is 1. The van der Waals surface area contributed by atoms with E-state index in [0.29, 0.717) is 0 Å². The lowest BCUT2D eigenvalue weighted by Crippen LogP contribution is -2.10. The molecule has 67 heavy (non-hydrogen) atoms. The molecule has 0 aliphatic heterocycles. The Morgan fingerprint density at radius 1 is 0.313 bits per heavy atom. The van der Waals surface area contributed by atoms with E-state index in [1.54, 1.807) is 0 Å². The topological polar surface area (TPSA) is 21.3 Å².